The van der Waals surface area contributed by atoms with Gasteiger partial charge in [0.1, 0.15) is 12.1 Å². The Labute approximate surface area is 159 Å². The van der Waals surface area contributed by atoms with E-state index >= 15 is 0 Å². The number of methoxy groups -OCH3 is 1. The zero-order valence-electron chi connectivity index (χ0n) is 16.3. The third-order valence-corrected chi connectivity index (χ3v) is 3.74. The molecule has 1 rings (SSSR count). The number of nitrogens with zero attached hydrogens (tertiary/aromatic N) is 1. The summed E-state index contributed by atoms with van der Waals surface area (Å²) in [5.41, 5.74) is 0.814. The molecule has 7 nitrogen and oxygen atoms in total. The van der Waals surface area contributed by atoms with Crippen LogP contribution < -0.4 is 5.32 Å². The minimum absolute atomic E-state index is 0.0321. The maximum atomic E-state index is 12.6. The first-order valence-corrected chi connectivity index (χ1v) is 8.78. The molecule has 2 N–H and O–H groups in total. The lowest BCUT2D eigenvalue weighted by Crippen LogP contribution is -2.47. The molecule has 0 radical (unpaired) electrons. The van der Waals surface area contributed by atoms with Crippen molar-refractivity contribution >= 4 is 24.1 Å². The number of hydrogen-bond donors (Lipinski definition) is 2. The molecule has 27 heavy (non-hydrogen) atoms. The van der Waals surface area contributed by atoms with E-state index in [0.717, 1.165) is 5.56 Å². The molecule has 0 saturated heterocycles. The van der Waals surface area contributed by atoms with Crippen LogP contribution in [0.3, 0.4) is 0 Å². The molecule has 0 spiro atoms. The van der Waals surface area contributed by atoms with Gasteiger partial charge in [0, 0.05) is 12.6 Å². The molecule has 1 aromatic carbocycles. The Kier molecular flexibility index (Phi) is 8.65. The van der Waals surface area contributed by atoms with Crippen molar-refractivity contribution in [3.63, 3.8) is 0 Å². The fraction of sp³-hybridized carbons (Fsp3) is 0.500. The number of hydrogen-bond acceptors (Lipinski definition) is 5. The van der Waals surface area contributed by atoms with Crippen molar-refractivity contribution in [1.82, 2.24) is 5.32 Å². The van der Waals surface area contributed by atoms with Crippen LogP contribution in [0.1, 0.15) is 39.2 Å². The predicted molar refractivity (Wildman–Crippen MR) is 103 cm³/mol. The summed E-state index contributed by atoms with van der Waals surface area (Å²) in [7, 11) is 1.24. The highest BCUT2D eigenvalue weighted by Crippen LogP contribution is 2.16. The Morgan fingerprint density at radius 3 is 2.37 bits per heavy atom. The molecule has 7 heteroatoms. The fourth-order valence-corrected chi connectivity index (χ4v) is 2.29. The highest BCUT2D eigenvalue weighted by Gasteiger charge is 2.27. The van der Waals surface area contributed by atoms with E-state index in [1.54, 1.807) is 6.21 Å². The van der Waals surface area contributed by atoms with Crippen molar-refractivity contribution in [3.8, 4) is 0 Å². The van der Waals surface area contributed by atoms with Crippen molar-refractivity contribution in [2.24, 2.45) is 10.4 Å². The van der Waals surface area contributed by atoms with Crippen molar-refractivity contribution in [2.45, 2.75) is 52.1 Å². The SMILES string of the molecule is COC(=O)C(Cc1ccccc1)NC(=O)C(CC(=O)O)N=CCC(C)(C)C. The molecule has 0 bridgehead atoms. The van der Waals surface area contributed by atoms with E-state index in [2.05, 4.69) is 10.3 Å². The minimum atomic E-state index is -1.14. The number of carboxylic acids is 1. The largest absolute Gasteiger partial charge is 0.481 e. The number of aliphatic imine (C=N–C) groups is 1. The molecule has 0 aliphatic heterocycles. The number of amides is 1. The van der Waals surface area contributed by atoms with E-state index in [4.69, 9.17) is 9.84 Å². The van der Waals surface area contributed by atoms with Crippen molar-refractivity contribution < 1.29 is 24.2 Å². The smallest absolute Gasteiger partial charge is 0.328 e. The lowest BCUT2D eigenvalue weighted by atomic mass is 9.93. The van der Waals surface area contributed by atoms with Gasteiger partial charge in [0.25, 0.3) is 0 Å². The monoisotopic (exact) mass is 376 g/mol. The van der Waals surface area contributed by atoms with Gasteiger partial charge in [-0.1, -0.05) is 51.1 Å². The van der Waals surface area contributed by atoms with Crippen LogP contribution in [0.15, 0.2) is 35.3 Å². The van der Waals surface area contributed by atoms with E-state index in [9.17, 15) is 14.4 Å². The van der Waals surface area contributed by atoms with Crippen LogP contribution in [0, 0.1) is 5.41 Å². The van der Waals surface area contributed by atoms with Gasteiger partial charge in [-0.3, -0.25) is 14.6 Å². The second-order valence-electron chi connectivity index (χ2n) is 7.48. The number of nitrogens with one attached hydrogen (secondary N) is 1. The van der Waals surface area contributed by atoms with Crippen LogP contribution in [0.25, 0.3) is 0 Å². The average Bonchev–Trinajstić information content (AvgIpc) is 2.59. The number of carbonyl (C=O) groups is 3. The molecule has 0 saturated carbocycles. The average molecular weight is 376 g/mol. The Morgan fingerprint density at radius 2 is 1.85 bits per heavy atom. The van der Waals surface area contributed by atoms with Crippen molar-refractivity contribution in [1.29, 1.82) is 0 Å². The number of ether oxygens (including phenoxy) is 1. The summed E-state index contributed by atoms with van der Waals surface area (Å²) in [6.07, 6.45) is 1.95. The Balaban J connectivity index is 2.89. The number of carboxylic acid groups (broad SMARTS) is 1. The van der Waals surface area contributed by atoms with Crippen molar-refractivity contribution in [2.75, 3.05) is 7.11 Å². The van der Waals surface area contributed by atoms with Crippen LogP contribution in [0.5, 0.6) is 0 Å². The molecule has 0 aliphatic carbocycles. The molecule has 0 fully saturated rings. The number of rotatable bonds is 9. The van der Waals surface area contributed by atoms with Crippen LogP contribution in [-0.4, -0.2) is 48.4 Å². The number of aliphatic carboxylic acids is 1. The van der Waals surface area contributed by atoms with Gasteiger partial charge in [-0.15, -0.1) is 0 Å². The minimum Gasteiger partial charge on any atom is -0.481 e. The zero-order chi connectivity index (χ0) is 20.4. The summed E-state index contributed by atoms with van der Waals surface area (Å²) in [4.78, 5) is 39.8. The second-order valence-corrected chi connectivity index (χ2v) is 7.48. The zero-order valence-corrected chi connectivity index (χ0v) is 16.3. The van der Waals surface area contributed by atoms with Crippen LogP contribution in [0.4, 0.5) is 0 Å². The lowest BCUT2D eigenvalue weighted by Gasteiger charge is -2.19. The highest BCUT2D eigenvalue weighted by atomic mass is 16.5. The molecule has 2 unspecified atom stereocenters. The fourth-order valence-electron chi connectivity index (χ4n) is 2.29. The molecule has 2 atom stereocenters. The molecular weight excluding hydrogens is 348 g/mol. The van der Waals surface area contributed by atoms with E-state index in [1.807, 2.05) is 51.1 Å². The van der Waals surface area contributed by atoms with Gasteiger partial charge < -0.3 is 15.2 Å². The summed E-state index contributed by atoms with van der Waals surface area (Å²) < 4.78 is 4.76. The normalized spacial score (nSPS) is 13.8. The van der Waals surface area contributed by atoms with Gasteiger partial charge in [-0.25, -0.2) is 4.79 Å². The topological polar surface area (TPSA) is 105 Å². The number of benzene rings is 1. The molecule has 0 heterocycles. The quantitative estimate of drug-likeness (QED) is 0.508. The standard InChI is InChI=1S/C20H28N2O5/c1-20(2,3)10-11-21-15(13-17(23)24)18(25)22-16(19(26)27-4)12-14-8-6-5-7-9-14/h5-9,11,15-16H,10,12-13H2,1-4H3,(H,22,25)(H,23,24). The molecule has 0 aliphatic rings. The summed E-state index contributed by atoms with van der Waals surface area (Å²) >= 11 is 0. The van der Waals surface area contributed by atoms with Gasteiger partial charge in [-0.05, 0) is 17.4 Å². The Bertz CT molecular complexity index is 665. The second kappa shape index (κ2) is 10.4. The summed E-state index contributed by atoms with van der Waals surface area (Å²) in [6, 6.07) is 7.15. The number of carbonyl (C=O) groups excluding carboxylic acids is 2. The van der Waals surface area contributed by atoms with Gasteiger partial charge in [0.2, 0.25) is 5.91 Å². The molecule has 0 aromatic heterocycles. The molecular formula is C20H28N2O5. The van der Waals surface area contributed by atoms with E-state index < -0.39 is 36.4 Å². The van der Waals surface area contributed by atoms with Gasteiger partial charge in [0.05, 0.1) is 13.5 Å². The van der Waals surface area contributed by atoms with E-state index in [0.29, 0.717) is 6.42 Å². The van der Waals surface area contributed by atoms with E-state index in [-0.39, 0.29) is 11.8 Å². The summed E-state index contributed by atoms with van der Waals surface area (Å²) in [5.74, 6) is -2.35. The first-order chi connectivity index (χ1) is 12.6. The first-order valence-electron chi connectivity index (χ1n) is 8.78. The van der Waals surface area contributed by atoms with Crippen LogP contribution in [-0.2, 0) is 25.5 Å². The van der Waals surface area contributed by atoms with Crippen LogP contribution in [0.2, 0.25) is 0 Å². The predicted octanol–water partition coefficient (Wildman–Crippen LogP) is 2.24. The van der Waals surface area contributed by atoms with Crippen LogP contribution >= 0.6 is 0 Å². The first kappa shape index (κ1) is 22.3. The van der Waals surface area contributed by atoms with E-state index in [1.165, 1.54) is 7.11 Å². The Hall–Kier alpha value is -2.70. The maximum Gasteiger partial charge on any atom is 0.328 e. The highest BCUT2D eigenvalue weighted by molar-refractivity contribution is 5.91. The Morgan fingerprint density at radius 1 is 1.22 bits per heavy atom. The molecule has 1 aromatic rings. The molecule has 148 valence electrons. The van der Waals surface area contributed by atoms with Gasteiger partial charge in [0.15, 0.2) is 0 Å². The lowest BCUT2D eigenvalue weighted by molar-refractivity contribution is -0.145. The molecule has 1 amide bonds. The van der Waals surface area contributed by atoms with Gasteiger partial charge >= 0.3 is 11.9 Å². The third-order valence-electron chi connectivity index (χ3n) is 3.74. The van der Waals surface area contributed by atoms with Crippen molar-refractivity contribution in [3.05, 3.63) is 35.9 Å². The summed E-state index contributed by atoms with van der Waals surface area (Å²) in [5, 5.41) is 11.6. The van der Waals surface area contributed by atoms with Gasteiger partial charge in [-0.2, -0.15) is 0 Å². The third kappa shape index (κ3) is 8.99. The summed E-state index contributed by atoms with van der Waals surface area (Å²) in [6.45, 7) is 6.04. The maximum absolute atomic E-state index is 12.6. The number of esters is 1.